The fourth-order valence-corrected chi connectivity index (χ4v) is 10.2. The van der Waals surface area contributed by atoms with Gasteiger partial charge in [-0.3, -0.25) is 0 Å². The highest BCUT2D eigenvalue weighted by Gasteiger charge is 2.25. The van der Waals surface area contributed by atoms with Gasteiger partial charge >= 0.3 is 0 Å². The molecule has 0 saturated carbocycles. The summed E-state index contributed by atoms with van der Waals surface area (Å²) in [5.74, 6) is 0. The number of hydrogen-bond donors (Lipinski definition) is 0. The van der Waals surface area contributed by atoms with E-state index in [4.69, 9.17) is 4.42 Å². The molecule has 0 unspecified atom stereocenters. The lowest BCUT2D eigenvalue weighted by Gasteiger charge is -2.27. The van der Waals surface area contributed by atoms with Crippen LogP contribution >= 0.6 is 11.3 Å². The Bertz CT molecular complexity index is 3450. The molecule has 0 fully saturated rings. The second-order valence-corrected chi connectivity index (χ2v) is 15.9. The summed E-state index contributed by atoms with van der Waals surface area (Å²) in [5, 5.41) is 7.20. The molecule has 12 rings (SSSR count). The van der Waals surface area contributed by atoms with Crippen molar-refractivity contribution in [1.82, 2.24) is 4.57 Å². The summed E-state index contributed by atoms with van der Waals surface area (Å²) in [6.45, 7) is 0. The Morgan fingerprint density at radius 3 is 1.81 bits per heavy atom. The second kappa shape index (κ2) is 13.1. The summed E-state index contributed by atoms with van der Waals surface area (Å²) >= 11 is 1.85. The number of rotatable bonds is 6. The van der Waals surface area contributed by atoms with Crippen molar-refractivity contribution in [3.05, 3.63) is 206 Å². The molecule has 0 atom stereocenters. The Morgan fingerprint density at radius 2 is 1.07 bits per heavy atom. The lowest BCUT2D eigenvalue weighted by Crippen LogP contribution is -2.11. The molecule has 9 aromatic carbocycles. The summed E-state index contributed by atoms with van der Waals surface area (Å²) in [6, 6.07) is 74.2. The second-order valence-electron chi connectivity index (χ2n) is 14.9. The zero-order valence-electron chi connectivity index (χ0n) is 31.3. The van der Waals surface area contributed by atoms with Gasteiger partial charge in [0.15, 0.2) is 0 Å². The van der Waals surface area contributed by atoms with Crippen LogP contribution in [0.25, 0.3) is 91.9 Å². The molecule has 0 aliphatic rings. The molecule has 0 saturated heterocycles. The molecule has 3 aromatic heterocycles. The Kier molecular flexibility index (Phi) is 7.40. The number of hydrogen-bond acceptors (Lipinski definition) is 3. The molecule has 0 aliphatic carbocycles. The number of aromatic nitrogens is 1. The molecular weight excluding hydrogens is 725 g/mol. The summed E-state index contributed by atoms with van der Waals surface area (Å²) in [4.78, 5) is 2.45. The Labute approximate surface area is 338 Å². The molecule has 0 bridgehead atoms. The highest BCUT2D eigenvalue weighted by molar-refractivity contribution is 7.26. The zero-order valence-corrected chi connectivity index (χ0v) is 32.2. The molecule has 3 heterocycles. The Balaban J connectivity index is 1.13. The third-order valence-electron chi connectivity index (χ3n) is 11.6. The minimum atomic E-state index is 0.864. The van der Waals surface area contributed by atoms with Crippen molar-refractivity contribution in [3.8, 4) is 27.9 Å². The van der Waals surface area contributed by atoms with Crippen LogP contribution < -0.4 is 4.90 Å². The minimum Gasteiger partial charge on any atom is -0.455 e. The van der Waals surface area contributed by atoms with E-state index >= 15 is 0 Å². The molecule has 3 nitrogen and oxygen atoms in total. The minimum absolute atomic E-state index is 0.864. The first kappa shape index (κ1) is 32.8. The molecule has 0 radical (unpaired) electrons. The first-order valence-corrected chi connectivity index (χ1v) is 20.5. The summed E-state index contributed by atoms with van der Waals surface area (Å²) in [6.07, 6.45) is 0. The van der Waals surface area contributed by atoms with E-state index in [1.54, 1.807) is 0 Å². The van der Waals surface area contributed by atoms with Gasteiger partial charge in [-0.25, -0.2) is 0 Å². The van der Waals surface area contributed by atoms with Crippen molar-refractivity contribution in [1.29, 1.82) is 0 Å². The number of para-hydroxylation sites is 2. The van der Waals surface area contributed by atoms with Gasteiger partial charge in [-0.1, -0.05) is 133 Å². The van der Waals surface area contributed by atoms with Crippen LogP contribution in [0.1, 0.15) is 0 Å². The van der Waals surface area contributed by atoms with Gasteiger partial charge in [0.1, 0.15) is 11.2 Å². The van der Waals surface area contributed by atoms with Crippen LogP contribution in [-0.2, 0) is 0 Å². The van der Waals surface area contributed by atoms with Gasteiger partial charge in [0, 0.05) is 48.6 Å². The number of benzene rings is 9. The van der Waals surface area contributed by atoms with E-state index in [-0.39, 0.29) is 0 Å². The number of fused-ring (bicyclic) bond motifs is 9. The molecule has 0 N–H and O–H groups in total. The van der Waals surface area contributed by atoms with Crippen molar-refractivity contribution in [2.45, 2.75) is 0 Å². The fraction of sp³-hybridized carbons (Fsp3) is 0. The maximum Gasteiger partial charge on any atom is 0.145 e. The smallest absolute Gasteiger partial charge is 0.145 e. The van der Waals surface area contributed by atoms with Gasteiger partial charge in [-0.2, -0.15) is 0 Å². The third kappa shape index (κ3) is 5.05. The van der Waals surface area contributed by atoms with E-state index < -0.39 is 0 Å². The maximum atomic E-state index is 7.02. The van der Waals surface area contributed by atoms with Gasteiger partial charge in [0.05, 0.1) is 32.5 Å². The summed E-state index contributed by atoms with van der Waals surface area (Å²) in [5.41, 5.74) is 13.0. The first-order chi connectivity index (χ1) is 28.8. The quantitative estimate of drug-likeness (QED) is 0.168. The molecule has 272 valence electrons. The van der Waals surface area contributed by atoms with E-state index in [2.05, 4.69) is 216 Å². The average molecular weight is 759 g/mol. The molecule has 0 aliphatic heterocycles. The Hall–Kier alpha value is -7.40. The topological polar surface area (TPSA) is 21.3 Å². The highest BCUT2D eigenvalue weighted by Crippen LogP contribution is 2.50. The molecule has 0 amide bonds. The highest BCUT2D eigenvalue weighted by atomic mass is 32.1. The molecular formula is C54H34N2OS. The molecule has 0 spiro atoms. The van der Waals surface area contributed by atoms with Gasteiger partial charge in [-0.15, -0.1) is 11.3 Å². The lowest BCUT2D eigenvalue weighted by molar-refractivity contribution is 0.670. The summed E-state index contributed by atoms with van der Waals surface area (Å²) in [7, 11) is 0. The average Bonchev–Trinajstić information content (AvgIpc) is 3.98. The van der Waals surface area contributed by atoms with Gasteiger partial charge < -0.3 is 13.9 Å². The van der Waals surface area contributed by atoms with E-state index in [1.165, 1.54) is 42.0 Å². The van der Waals surface area contributed by atoms with Crippen LogP contribution in [0.2, 0.25) is 0 Å². The monoisotopic (exact) mass is 758 g/mol. The van der Waals surface area contributed by atoms with Gasteiger partial charge in [-0.05, 0) is 89.5 Å². The molecule has 12 aromatic rings. The van der Waals surface area contributed by atoms with Crippen molar-refractivity contribution in [2.24, 2.45) is 0 Å². The first-order valence-electron chi connectivity index (χ1n) is 19.7. The van der Waals surface area contributed by atoms with Crippen molar-refractivity contribution in [2.75, 3.05) is 4.90 Å². The summed E-state index contributed by atoms with van der Waals surface area (Å²) < 4.78 is 11.9. The van der Waals surface area contributed by atoms with Gasteiger partial charge in [0.25, 0.3) is 0 Å². The van der Waals surface area contributed by atoms with Crippen molar-refractivity contribution in [3.63, 3.8) is 0 Å². The van der Waals surface area contributed by atoms with Crippen LogP contribution in [0.5, 0.6) is 0 Å². The van der Waals surface area contributed by atoms with Crippen molar-refractivity contribution < 1.29 is 4.42 Å². The van der Waals surface area contributed by atoms with Crippen LogP contribution in [-0.4, -0.2) is 4.57 Å². The number of furan rings is 1. The predicted molar refractivity (Wildman–Crippen MR) is 247 cm³/mol. The maximum absolute atomic E-state index is 7.02. The van der Waals surface area contributed by atoms with E-state index in [0.717, 1.165) is 66.9 Å². The number of thiophene rings is 1. The largest absolute Gasteiger partial charge is 0.455 e. The van der Waals surface area contributed by atoms with E-state index in [9.17, 15) is 0 Å². The number of anilines is 3. The van der Waals surface area contributed by atoms with E-state index in [0.29, 0.717) is 0 Å². The van der Waals surface area contributed by atoms with Crippen LogP contribution in [0, 0.1) is 0 Å². The van der Waals surface area contributed by atoms with Crippen LogP contribution in [0.3, 0.4) is 0 Å². The van der Waals surface area contributed by atoms with Gasteiger partial charge in [0.2, 0.25) is 0 Å². The number of nitrogens with zero attached hydrogens (tertiary/aromatic N) is 2. The lowest BCUT2D eigenvalue weighted by atomic mass is 9.98. The zero-order chi connectivity index (χ0) is 38.2. The van der Waals surface area contributed by atoms with Crippen LogP contribution in [0.4, 0.5) is 17.1 Å². The predicted octanol–water partition coefficient (Wildman–Crippen LogP) is 15.9. The van der Waals surface area contributed by atoms with Crippen molar-refractivity contribution >= 4 is 92.3 Å². The molecule has 58 heavy (non-hydrogen) atoms. The van der Waals surface area contributed by atoms with Crippen LogP contribution in [0.15, 0.2) is 211 Å². The fourth-order valence-electron chi connectivity index (χ4n) is 8.97. The molecule has 4 heteroatoms. The third-order valence-corrected chi connectivity index (χ3v) is 12.8. The standard InChI is InChI=1S/C54H34N2OS/c1-3-14-35(15-4-1)37-26-31-45-50(34-37)57-53-40(36-16-5-2-6-17-36)32-33-48(52(45)53)56(49-24-13-21-44-43-20-9-12-25-51(43)58-54(44)49)39-29-27-38(28-30-39)55-46-22-10-7-18-41(46)42-19-8-11-23-47(42)55/h1-34H. The Morgan fingerprint density at radius 1 is 0.431 bits per heavy atom. The SMILES string of the molecule is c1ccc(-c2ccc3c(c2)oc2c(-c4ccccc4)ccc(N(c4ccc(-n5c6ccccc6c6ccccc65)cc4)c4cccc5c4sc4ccccc45)c23)cc1. The van der Waals surface area contributed by atoms with E-state index in [1.807, 2.05) is 11.3 Å². The normalized spacial score (nSPS) is 11.8.